The number of carbonyl (C=O) groups excluding carboxylic acids is 2. The number of pyridine rings is 2. The van der Waals surface area contributed by atoms with E-state index in [0.717, 1.165) is 12.8 Å². The van der Waals surface area contributed by atoms with E-state index in [0.29, 0.717) is 28.7 Å². The van der Waals surface area contributed by atoms with Crippen LogP contribution in [0, 0.1) is 5.92 Å². The van der Waals surface area contributed by atoms with E-state index in [-0.39, 0.29) is 28.4 Å². The maximum absolute atomic E-state index is 12.5. The molecule has 32 heavy (non-hydrogen) atoms. The van der Waals surface area contributed by atoms with Gasteiger partial charge in [0.2, 0.25) is 5.91 Å². The molecule has 0 unspecified atom stereocenters. The molecule has 160 valence electrons. The zero-order valence-electron chi connectivity index (χ0n) is 16.8. The highest BCUT2D eigenvalue weighted by atomic mass is 35.5. The molecule has 1 fully saturated rings. The number of nitrogens with one attached hydrogen (secondary N) is 2. The van der Waals surface area contributed by atoms with Crippen LogP contribution in [-0.2, 0) is 4.79 Å². The lowest BCUT2D eigenvalue weighted by molar-refractivity contribution is -0.117. The van der Waals surface area contributed by atoms with Gasteiger partial charge in [0.25, 0.3) is 5.91 Å². The van der Waals surface area contributed by atoms with E-state index < -0.39 is 0 Å². The Labute approximate surface area is 188 Å². The van der Waals surface area contributed by atoms with Gasteiger partial charge in [-0.2, -0.15) is 0 Å². The quantitative estimate of drug-likeness (QED) is 0.415. The molecule has 5 rings (SSSR count). The average molecular weight is 448 g/mol. The zero-order chi connectivity index (χ0) is 22.1. The molecule has 1 aliphatic carbocycles. The monoisotopic (exact) mass is 447 g/mol. The first kappa shape index (κ1) is 20.0. The molecule has 1 aromatic carbocycles. The first-order valence-corrected chi connectivity index (χ1v) is 10.4. The SMILES string of the molecule is O=C(Nc1cccc(Oc2ccc3nc(NC(=O)C4CC4)cn3c2)c1)c1cccnc1Cl. The maximum atomic E-state index is 12.5. The fourth-order valence-electron chi connectivity index (χ4n) is 3.19. The second kappa shape index (κ2) is 8.32. The highest BCUT2D eigenvalue weighted by Crippen LogP contribution is 2.30. The Bertz CT molecular complexity index is 1330. The van der Waals surface area contributed by atoms with Gasteiger partial charge in [0.05, 0.1) is 18.0 Å². The summed E-state index contributed by atoms with van der Waals surface area (Å²) in [5, 5.41) is 5.77. The molecule has 4 aromatic rings. The van der Waals surface area contributed by atoms with E-state index in [9.17, 15) is 9.59 Å². The van der Waals surface area contributed by atoms with E-state index in [2.05, 4.69) is 20.6 Å². The van der Waals surface area contributed by atoms with Crippen LogP contribution < -0.4 is 15.4 Å². The van der Waals surface area contributed by atoms with Crippen molar-refractivity contribution in [2.45, 2.75) is 12.8 Å². The Morgan fingerprint density at radius 3 is 2.72 bits per heavy atom. The number of amides is 2. The van der Waals surface area contributed by atoms with Gasteiger partial charge in [-0.3, -0.25) is 9.59 Å². The van der Waals surface area contributed by atoms with Gasteiger partial charge in [-0.15, -0.1) is 0 Å². The third-order valence-corrected chi connectivity index (χ3v) is 5.26. The number of nitrogens with zero attached hydrogens (tertiary/aromatic N) is 3. The van der Waals surface area contributed by atoms with Crippen LogP contribution >= 0.6 is 11.6 Å². The molecule has 1 aliphatic rings. The molecule has 0 saturated heterocycles. The van der Waals surface area contributed by atoms with E-state index in [4.69, 9.17) is 16.3 Å². The van der Waals surface area contributed by atoms with Gasteiger partial charge in [0, 0.05) is 23.9 Å². The summed E-state index contributed by atoms with van der Waals surface area (Å²) in [5.74, 6) is 1.39. The largest absolute Gasteiger partial charge is 0.456 e. The van der Waals surface area contributed by atoms with Gasteiger partial charge in [0.1, 0.15) is 22.3 Å². The van der Waals surface area contributed by atoms with E-state index in [1.165, 1.54) is 6.20 Å². The fourth-order valence-corrected chi connectivity index (χ4v) is 3.40. The second-order valence-corrected chi connectivity index (χ2v) is 7.80. The molecule has 3 heterocycles. The first-order valence-electron chi connectivity index (χ1n) is 10.0. The Morgan fingerprint density at radius 1 is 1.03 bits per heavy atom. The van der Waals surface area contributed by atoms with Crippen molar-refractivity contribution in [1.29, 1.82) is 0 Å². The number of aromatic nitrogens is 3. The number of benzene rings is 1. The minimum atomic E-state index is -0.360. The van der Waals surface area contributed by atoms with Crippen LogP contribution in [0.25, 0.3) is 5.65 Å². The van der Waals surface area contributed by atoms with Crippen molar-refractivity contribution >= 4 is 40.6 Å². The summed E-state index contributed by atoms with van der Waals surface area (Å²) in [6.45, 7) is 0. The number of halogens is 1. The van der Waals surface area contributed by atoms with Gasteiger partial charge in [-0.05, 0) is 49.2 Å². The van der Waals surface area contributed by atoms with Crippen molar-refractivity contribution < 1.29 is 14.3 Å². The van der Waals surface area contributed by atoms with Crippen LogP contribution in [0.2, 0.25) is 5.15 Å². The molecule has 1 saturated carbocycles. The molecule has 2 N–H and O–H groups in total. The number of fused-ring (bicyclic) bond motifs is 1. The van der Waals surface area contributed by atoms with Crippen LogP contribution in [-0.4, -0.2) is 26.2 Å². The fraction of sp³-hybridized carbons (Fsp3) is 0.130. The minimum absolute atomic E-state index is 0.0105. The highest BCUT2D eigenvalue weighted by Gasteiger charge is 2.30. The van der Waals surface area contributed by atoms with Crippen LogP contribution in [0.15, 0.2) is 67.1 Å². The van der Waals surface area contributed by atoms with E-state index >= 15 is 0 Å². The predicted molar refractivity (Wildman–Crippen MR) is 120 cm³/mol. The molecule has 0 aliphatic heterocycles. The van der Waals surface area contributed by atoms with Crippen molar-refractivity contribution in [3.05, 3.63) is 77.8 Å². The summed E-state index contributed by atoms with van der Waals surface area (Å²) in [7, 11) is 0. The zero-order valence-corrected chi connectivity index (χ0v) is 17.5. The Kier molecular flexibility index (Phi) is 5.20. The van der Waals surface area contributed by atoms with Crippen molar-refractivity contribution in [3.8, 4) is 11.5 Å². The molecule has 9 heteroatoms. The molecular formula is C23H18ClN5O3. The minimum Gasteiger partial charge on any atom is -0.456 e. The Morgan fingerprint density at radius 2 is 1.91 bits per heavy atom. The third-order valence-electron chi connectivity index (χ3n) is 4.95. The predicted octanol–water partition coefficient (Wildman–Crippen LogP) is 4.78. The molecule has 0 radical (unpaired) electrons. The van der Waals surface area contributed by atoms with E-state index in [1.807, 2.05) is 0 Å². The lowest BCUT2D eigenvalue weighted by Gasteiger charge is -2.09. The van der Waals surface area contributed by atoms with Crippen molar-refractivity contribution in [2.75, 3.05) is 10.6 Å². The van der Waals surface area contributed by atoms with Gasteiger partial charge in [0.15, 0.2) is 5.82 Å². The molecule has 3 aromatic heterocycles. The molecule has 0 spiro atoms. The highest BCUT2D eigenvalue weighted by molar-refractivity contribution is 6.33. The Hall–Kier alpha value is -3.91. The molecule has 0 atom stereocenters. The van der Waals surface area contributed by atoms with Crippen LogP contribution in [0.1, 0.15) is 23.2 Å². The van der Waals surface area contributed by atoms with E-state index in [1.54, 1.807) is 65.3 Å². The standard InChI is InChI=1S/C23H18ClN5O3/c24-21-18(5-2-10-25-21)23(31)26-15-3-1-4-16(11-15)32-17-8-9-20-27-19(13-29(20)12-17)28-22(30)14-6-7-14/h1-5,8-14H,6-7H2,(H,26,31)(H,28,30). The molecular weight excluding hydrogens is 430 g/mol. The van der Waals surface area contributed by atoms with Gasteiger partial charge in [-0.1, -0.05) is 17.7 Å². The summed E-state index contributed by atoms with van der Waals surface area (Å²) < 4.78 is 7.74. The summed E-state index contributed by atoms with van der Waals surface area (Å²) in [6, 6.07) is 13.9. The van der Waals surface area contributed by atoms with Crippen molar-refractivity contribution in [3.63, 3.8) is 0 Å². The van der Waals surface area contributed by atoms with Crippen molar-refractivity contribution in [2.24, 2.45) is 5.92 Å². The normalized spacial score (nSPS) is 13.0. The Balaban J connectivity index is 1.30. The van der Waals surface area contributed by atoms with Crippen LogP contribution in [0.3, 0.4) is 0 Å². The first-order chi connectivity index (χ1) is 15.5. The number of anilines is 2. The van der Waals surface area contributed by atoms with Gasteiger partial charge in [-0.25, -0.2) is 9.97 Å². The topological polar surface area (TPSA) is 97.6 Å². The third kappa shape index (κ3) is 4.40. The van der Waals surface area contributed by atoms with Gasteiger partial charge < -0.3 is 19.8 Å². The number of hydrogen-bond donors (Lipinski definition) is 2. The van der Waals surface area contributed by atoms with Crippen molar-refractivity contribution in [1.82, 2.24) is 14.4 Å². The molecule has 2 amide bonds. The smallest absolute Gasteiger partial charge is 0.258 e. The second-order valence-electron chi connectivity index (χ2n) is 7.45. The van der Waals surface area contributed by atoms with Gasteiger partial charge >= 0.3 is 0 Å². The molecule has 8 nitrogen and oxygen atoms in total. The number of rotatable bonds is 6. The number of hydrogen-bond acceptors (Lipinski definition) is 5. The van der Waals surface area contributed by atoms with Crippen LogP contribution in [0.5, 0.6) is 11.5 Å². The summed E-state index contributed by atoms with van der Waals surface area (Å²) in [4.78, 5) is 32.7. The summed E-state index contributed by atoms with van der Waals surface area (Å²) in [5.41, 5.74) is 1.54. The summed E-state index contributed by atoms with van der Waals surface area (Å²) in [6.07, 6.45) is 6.92. The lowest BCUT2D eigenvalue weighted by Crippen LogP contribution is -2.13. The average Bonchev–Trinajstić information content (AvgIpc) is 3.55. The number of carbonyl (C=O) groups is 2. The molecule has 0 bridgehead atoms. The maximum Gasteiger partial charge on any atom is 0.258 e. The number of ether oxygens (including phenoxy) is 1. The summed E-state index contributed by atoms with van der Waals surface area (Å²) >= 11 is 5.99. The number of imidazole rings is 1. The van der Waals surface area contributed by atoms with Crippen LogP contribution in [0.4, 0.5) is 11.5 Å². The lowest BCUT2D eigenvalue weighted by atomic mass is 10.2.